The average molecular weight is 233 g/mol. The summed E-state index contributed by atoms with van der Waals surface area (Å²) in [7, 11) is 0. The Morgan fingerprint density at radius 3 is 2.88 bits per heavy atom. The summed E-state index contributed by atoms with van der Waals surface area (Å²) in [6.07, 6.45) is 1.94. The first-order valence-electron chi connectivity index (χ1n) is 6.28. The molecule has 1 aliphatic rings. The maximum atomic E-state index is 11.9. The number of carbonyl (C=O) groups is 1. The van der Waals surface area contributed by atoms with Crippen molar-refractivity contribution in [2.45, 2.75) is 25.8 Å². The van der Waals surface area contributed by atoms with E-state index in [0.29, 0.717) is 6.61 Å². The Morgan fingerprint density at radius 2 is 2.18 bits per heavy atom. The van der Waals surface area contributed by atoms with Crippen LogP contribution in [0.25, 0.3) is 0 Å². The lowest BCUT2D eigenvalue weighted by Gasteiger charge is -2.31. The van der Waals surface area contributed by atoms with E-state index in [-0.39, 0.29) is 17.9 Å². The highest BCUT2D eigenvalue weighted by atomic mass is 16.5. The van der Waals surface area contributed by atoms with E-state index >= 15 is 0 Å². The SMILES string of the molecule is CCOC(=O)C1CCCNC1c1ccccc1. The number of rotatable bonds is 3. The van der Waals surface area contributed by atoms with Crippen molar-refractivity contribution >= 4 is 5.97 Å². The number of nitrogens with one attached hydrogen (secondary N) is 1. The van der Waals surface area contributed by atoms with Gasteiger partial charge in [-0.05, 0) is 31.9 Å². The molecule has 1 aliphatic heterocycles. The van der Waals surface area contributed by atoms with E-state index in [4.69, 9.17) is 4.74 Å². The van der Waals surface area contributed by atoms with Gasteiger partial charge in [0.05, 0.1) is 12.5 Å². The number of ether oxygens (including phenoxy) is 1. The van der Waals surface area contributed by atoms with Gasteiger partial charge in [0, 0.05) is 6.04 Å². The molecule has 3 heteroatoms. The quantitative estimate of drug-likeness (QED) is 0.814. The van der Waals surface area contributed by atoms with E-state index in [1.807, 2.05) is 25.1 Å². The zero-order valence-electron chi connectivity index (χ0n) is 10.2. The third-order valence-corrected chi connectivity index (χ3v) is 3.21. The van der Waals surface area contributed by atoms with Gasteiger partial charge in [-0.2, -0.15) is 0 Å². The van der Waals surface area contributed by atoms with Gasteiger partial charge in [-0.25, -0.2) is 0 Å². The summed E-state index contributed by atoms with van der Waals surface area (Å²) in [5.41, 5.74) is 1.17. The van der Waals surface area contributed by atoms with Gasteiger partial charge >= 0.3 is 5.97 Å². The standard InChI is InChI=1S/C14H19NO2/c1-2-17-14(16)12-9-6-10-15-13(12)11-7-4-3-5-8-11/h3-5,7-8,12-13,15H,2,6,9-10H2,1H3. The highest BCUT2D eigenvalue weighted by Crippen LogP contribution is 2.30. The van der Waals surface area contributed by atoms with Crippen LogP contribution >= 0.6 is 0 Å². The number of hydrogen-bond acceptors (Lipinski definition) is 3. The largest absolute Gasteiger partial charge is 0.466 e. The summed E-state index contributed by atoms with van der Waals surface area (Å²) < 4.78 is 5.15. The van der Waals surface area contributed by atoms with Crippen LogP contribution in [0.5, 0.6) is 0 Å². The Hall–Kier alpha value is -1.35. The van der Waals surface area contributed by atoms with Crippen LogP contribution in [-0.4, -0.2) is 19.1 Å². The van der Waals surface area contributed by atoms with Crippen molar-refractivity contribution < 1.29 is 9.53 Å². The number of hydrogen-bond donors (Lipinski definition) is 1. The molecule has 1 N–H and O–H groups in total. The van der Waals surface area contributed by atoms with Gasteiger partial charge in [0.2, 0.25) is 0 Å². The highest BCUT2D eigenvalue weighted by Gasteiger charge is 2.32. The molecule has 0 aromatic heterocycles. The van der Waals surface area contributed by atoms with E-state index in [9.17, 15) is 4.79 Å². The summed E-state index contributed by atoms with van der Waals surface area (Å²) in [6, 6.07) is 10.2. The minimum absolute atomic E-state index is 0.0499. The lowest BCUT2D eigenvalue weighted by Crippen LogP contribution is -2.39. The summed E-state index contributed by atoms with van der Waals surface area (Å²) in [5.74, 6) is -0.125. The topological polar surface area (TPSA) is 38.3 Å². The lowest BCUT2D eigenvalue weighted by molar-refractivity contribution is -0.150. The monoisotopic (exact) mass is 233 g/mol. The molecular formula is C14H19NO2. The Kier molecular flexibility index (Phi) is 4.15. The summed E-state index contributed by atoms with van der Waals surface area (Å²) >= 11 is 0. The number of carbonyl (C=O) groups excluding carboxylic acids is 1. The fourth-order valence-electron chi connectivity index (χ4n) is 2.40. The van der Waals surface area contributed by atoms with E-state index < -0.39 is 0 Å². The molecule has 1 aromatic carbocycles. The molecule has 0 spiro atoms. The molecule has 1 saturated heterocycles. The fraction of sp³-hybridized carbons (Fsp3) is 0.500. The molecule has 0 radical (unpaired) electrons. The minimum Gasteiger partial charge on any atom is -0.466 e. The predicted octanol–water partition coefficient (Wildman–Crippen LogP) is 2.29. The smallest absolute Gasteiger partial charge is 0.310 e. The average Bonchev–Trinajstić information content (AvgIpc) is 2.40. The molecule has 1 aromatic rings. The normalized spacial score (nSPS) is 24.3. The Labute approximate surface area is 102 Å². The lowest BCUT2D eigenvalue weighted by atomic mass is 9.86. The predicted molar refractivity (Wildman–Crippen MR) is 66.5 cm³/mol. The summed E-state index contributed by atoms with van der Waals surface area (Å²) in [4.78, 5) is 11.9. The number of esters is 1. The third kappa shape index (κ3) is 2.86. The van der Waals surface area contributed by atoms with Crippen LogP contribution in [0.2, 0.25) is 0 Å². The first-order chi connectivity index (χ1) is 8.33. The Balaban J connectivity index is 2.15. The molecule has 0 aliphatic carbocycles. The molecule has 2 rings (SSSR count). The van der Waals surface area contributed by atoms with Gasteiger partial charge in [0.1, 0.15) is 0 Å². The van der Waals surface area contributed by atoms with Gasteiger partial charge < -0.3 is 10.1 Å². The summed E-state index contributed by atoms with van der Waals surface area (Å²) in [6.45, 7) is 3.28. The minimum atomic E-state index is -0.0754. The number of benzene rings is 1. The third-order valence-electron chi connectivity index (χ3n) is 3.21. The maximum Gasteiger partial charge on any atom is 0.310 e. The first kappa shape index (κ1) is 12.1. The molecule has 1 fully saturated rings. The Morgan fingerprint density at radius 1 is 1.41 bits per heavy atom. The van der Waals surface area contributed by atoms with Crippen molar-refractivity contribution in [2.24, 2.45) is 5.92 Å². The number of piperidine rings is 1. The molecule has 0 amide bonds. The molecular weight excluding hydrogens is 214 g/mol. The van der Waals surface area contributed by atoms with Gasteiger partial charge in [0.15, 0.2) is 0 Å². The van der Waals surface area contributed by atoms with Crippen molar-refractivity contribution in [1.82, 2.24) is 5.32 Å². The van der Waals surface area contributed by atoms with Gasteiger partial charge in [-0.3, -0.25) is 4.79 Å². The van der Waals surface area contributed by atoms with Crippen molar-refractivity contribution in [3.05, 3.63) is 35.9 Å². The molecule has 1 heterocycles. The molecule has 0 saturated carbocycles. The molecule has 3 nitrogen and oxygen atoms in total. The molecule has 92 valence electrons. The van der Waals surface area contributed by atoms with E-state index in [1.54, 1.807) is 0 Å². The van der Waals surface area contributed by atoms with Crippen molar-refractivity contribution in [2.75, 3.05) is 13.2 Å². The first-order valence-corrected chi connectivity index (χ1v) is 6.28. The van der Waals surface area contributed by atoms with Crippen molar-refractivity contribution in [3.8, 4) is 0 Å². The van der Waals surface area contributed by atoms with Crippen molar-refractivity contribution in [3.63, 3.8) is 0 Å². The van der Waals surface area contributed by atoms with Crippen LogP contribution in [0.1, 0.15) is 31.4 Å². The van der Waals surface area contributed by atoms with Gasteiger partial charge in [0.25, 0.3) is 0 Å². The van der Waals surface area contributed by atoms with Crippen LogP contribution in [0.4, 0.5) is 0 Å². The van der Waals surface area contributed by atoms with Gasteiger partial charge in [-0.15, -0.1) is 0 Å². The van der Waals surface area contributed by atoms with Crippen LogP contribution in [0.15, 0.2) is 30.3 Å². The van der Waals surface area contributed by atoms with Crippen LogP contribution in [0.3, 0.4) is 0 Å². The molecule has 2 atom stereocenters. The highest BCUT2D eigenvalue weighted by molar-refractivity contribution is 5.73. The van der Waals surface area contributed by atoms with Crippen LogP contribution in [-0.2, 0) is 9.53 Å². The second-order valence-corrected chi connectivity index (χ2v) is 4.34. The van der Waals surface area contributed by atoms with Gasteiger partial charge in [-0.1, -0.05) is 30.3 Å². The molecule has 17 heavy (non-hydrogen) atoms. The second kappa shape index (κ2) is 5.82. The Bertz CT molecular complexity index is 364. The summed E-state index contributed by atoms with van der Waals surface area (Å²) in [5, 5.41) is 3.42. The maximum absolute atomic E-state index is 11.9. The molecule has 2 unspecified atom stereocenters. The van der Waals surface area contributed by atoms with Crippen molar-refractivity contribution in [1.29, 1.82) is 0 Å². The zero-order chi connectivity index (χ0) is 12.1. The van der Waals surface area contributed by atoms with E-state index in [2.05, 4.69) is 17.4 Å². The van der Waals surface area contributed by atoms with E-state index in [1.165, 1.54) is 5.56 Å². The van der Waals surface area contributed by atoms with Crippen LogP contribution < -0.4 is 5.32 Å². The van der Waals surface area contributed by atoms with Crippen LogP contribution in [0, 0.1) is 5.92 Å². The van der Waals surface area contributed by atoms with E-state index in [0.717, 1.165) is 19.4 Å². The molecule has 0 bridgehead atoms. The fourth-order valence-corrected chi connectivity index (χ4v) is 2.40. The zero-order valence-corrected chi connectivity index (χ0v) is 10.2. The second-order valence-electron chi connectivity index (χ2n) is 4.34.